The second-order valence-electron chi connectivity index (χ2n) is 4.49. The van der Waals surface area contributed by atoms with Gasteiger partial charge < -0.3 is 5.11 Å². The van der Waals surface area contributed by atoms with E-state index < -0.39 is 16.8 Å². The maximum atomic E-state index is 12.0. The molecule has 17 heavy (non-hydrogen) atoms. The van der Waals surface area contributed by atoms with Crippen molar-refractivity contribution < 1.29 is 14.1 Å². The lowest BCUT2D eigenvalue weighted by Crippen LogP contribution is -2.08. The molecule has 0 amide bonds. The number of benzene rings is 1. The molecule has 0 aromatic heterocycles. The Labute approximate surface area is 103 Å². The van der Waals surface area contributed by atoms with Gasteiger partial charge >= 0.3 is 5.97 Å². The lowest BCUT2D eigenvalue weighted by atomic mass is 10.1. The summed E-state index contributed by atoms with van der Waals surface area (Å²) in [6, 6.07) is 6.36. The SMILES string of the molecule is O=C(O)c1ccc(S(=O)CC2CCCC2)cc1. The molecule has 1 aromatic rings. The van der Waals surface area contributed by atoms with Gasteiger partial charge in [-0.05, 0) is 43.0 Å². The molecule has 4 heteroatoms. The Morgan fingerprint density at radius 3 is 2.35 bits per heavy atom. The van der Waals surface area contributed by atoms with Crippen LogP contribution >= 0.6 is 0 Å². The summed E-state index contributed by atoms with van der Waals surface area (Å²) in [5.74, 6) is 0.347. The van der Waals surface area contributed by atoms with Gasteiger partial charge in [-0.3, -0.25) is 4.21 Å². The summed E-state index contributed by atoms with van der Waals surface area (Å²) in [6.07, 6.45) is 4.86. The van der Waals surface area contributed by atoms with E-state index in [1.807, 2.05) is 0 Å². The molecule has 2 rings (SSSR count). The van der Waals surface area contributed by atoms with Gasteiger partial charge in [0.2, 0.25) is 0 Å². The second kappa shape index (κ2) is 5.45. The first kappa shape index (κ1) is 12.3. The molecule has 92 valence electrons. The predicted molar refractivity (Wildman–Crippen MR) is 66.6 cm³/mol. The summed E-state index contributed by atoms with van der Waals surface area (Å²) in [7, 11) is -0.988. The van der Waals surface area contributed by atoms with Gasteiger partial charge in [0.1, 0.15) is 0 Å². The van der Waals surface area contributed by atoms with E-state index in [-0.39, 0.29) is 5.56 Å². The van der Waals surface area contributed by atoms with Crippen molar-refractivity contribution in [1.82, 2.24) is 0 Å². The zero-order chi connectivity index (χ0) is 12.3. The molecule has 1 aliphatic carbocycles. The quantitative estimate of drug-likeness (QED) is 0.896. The Hall–Kier alpha value is -1.16. The lowest BCUT2D eigenvalue weighted by Gasteiger charge is -2.08. The first-order valence-electron chi connectivity index (χ1n) is 5.88. The molecule has 1 saturated carbocycles. The van der Waals surface area contributed by atoms with E-state index in [9.17, 15) is 9.00 Å². The van der Waals surface area contributed by atoms with E-state index in [4.69, 9.17) is 5.11 Å². The van der Waals surface area contributed by atoms with Gasteiger partial charge in [0, 0.05) is 10.6 Å². The number of carbonyl (C=O) groups is 1. The molecule has 1 aliphatic rings. The Morgan fingerprint density at radius 2 is 1.82 bits per heavy atom. The van der Waals surface area contributed by atoms with Gasteiger partial charge in [-0.25, -0.2) is 4.79 Å². The van der Waals surface area contributed by atoms with Crippen LogP contribution in [0.1, 0.15) is 36.0 Å². The van der Waals surface area contributed by atoms with Crippen LogP contribution in [-0.2, 0) is 10.8 Å². The monoisotopic (exact) mass is 252 g/mol. The highest BCUT2D eigenvalue weighted by Gasteiger charge is 2.18. The zero-order valence-corrected chi connectivity index (χ0v) is 10.4. The minimum atomic E-state index is -0.988. The van der Waals surface area contributed by atoms with Crippen molar-refractivity contribution in [3.63, 3.8) is 0 Å². The fraction of sp³-hybridized carbons (Fsp3) is 0.462. The fourth-order valence-corrected chi connectivity index (χ4v) is 3.63. The Kier molecular flexibility index (Phi) is 3.94. The second-order valence-corrected chi connectivity index (χ2v) is 5.99. The summed E-state index contributed by atoms with van der Waals surface area (Å²) >= 11 is 0. The summed E-state index contributed by atoms with van der Waals surface area (Å²) in [6.45, 7) is 0. The smallest absolute Gasteiger partial charge is 0.335 e. The standard InChI is InChI=1S/C13H16O3S/c14-13(15)11-5-7-12(8-6-11)17(16)9-10-3-1-2-4-10/h5-8,10H,1-4,9H2,(H,14,15). The first-order valence-corrected chi connectivity index (χ1v) is 7.20. The van der Waals surface area contributed by atoms with Crippen LogP contribution in [0.15, 0.2) is 29.2 Å². The van der Waals surface area contributed by atoms with Crippen LogP contribution in [0.3, 0.4) is 0 Å². The normalized spacial score (nSPS) is 18.1. The van der Waals surface area contributed by atoms with E-state index in [2.05, 4.69) is 0 Å². The molecule has 0 radical (unpaired) electrons. The third kappa shape index (κ3) is 3.16. The van der Waals surface area contributed by atoms with Crippen molar-refractivity contribution in [1.29, 1.82) is 0 Å². The first-order chi connectivity index (χ1) is 8.16. The largest absolute Gasteiger partial charge is 0.478 e. The summed E-state index contributed by atoms with van der Waals surface area (Å²) < 4.78 is 12.0. The van der Waals surface area contributed by atoms with Crippen LogP contribution < -0.4 is 0 Å². The zero-order valence-electron chi connectivity index (χ0n) is 9.59. The van der Waals surface area contributed by atoms with E-state index in [1.165, 1.54) is 37.8 Å². The molecular formula is C13H16O3S. The van der Waals surface area contributed by atoms with Crippen LogP contribution in [0.2, 0.25) is 0 Å². The highest BCUT2D eigenvalue weighted by atomic mass is 32.2. The molecule has 0 heterocycles. The van der Waals surface area contributed by atoms with Crippen LogP contribution in [0.5, 0.6) is 0 Å². The molecule has 1 unspecified atom stereocenters. The van der Waals surface area contributed by atoms with Gasteiger partial charge in [0.25, 0.3) is 0 Å². The number of hydrogen-bond donors (Lipinski definition) is 1. The average Bonchev–Trinajstić information content (AvgIpc) is 2.82. The maximum Gasteiger partial charge on any atom is 0.335 e. The fourth-order valence-electron chi connectivity index (χ4n) is 2.24. The number of aromatic carboxylic acids is 1. The summed E-state index contributed by atoms with van der Waals surface area (Å²) in [5, 5.41) is 8.77. The van der Waals surface area contributed by atoms with E-state index in [0.717, 1.165) is 4.90 Å². The molecule has 0 saturated heterocycles. The van der Waals surface area contributed by atoms with E-state index in [1.54, 1.807) is 12.1 Å². The number of carboxylic acids is 1. The van der Waals surface area contributed by atoms with Crippen molar-refractivity contribution in [2.45, 2.75) is 30.6 Å². The van der Waals surface area contributed by atoms with Gasteiger partial charge in [-0.15, -0.1) is 0 Å². The minimum Gasteiger partial charge on any atom is -0.478 e. The van der Waals surface area contributed by atoms with Gasteiger partial charge in [0.15, 0.2) is 0 Å². The number of hydrogen-bond acceptors (Lipinski definition) is 2. The van der Waals surface area contributed by atoms with Gasteiger partial charge in [-0.2, -0.15) is 0 Å². The number of carboxylic acid groups (broad SMARTS) is 1. The third-order valence-corrected chi connectivity index (χ3v) is 4.80. The molecule has 0 bridgehead atoms. The Bertz CT molecular complexity index is 419. The third-order valence-electron chi connectivity index (χ3n) is 3.23. The van der Waals surface area contributed by atoms with Crippen LogP contribution in [-0.4, -0.2) is 21.0 Å². The molecule has 1 N–H and O–H groups in total. The van der Waals surface area contributed by atoms with E-state index >= 15 is 0 Å². The van der Waals surface area contributed by atoms with E-state index in [0.29, 0.717) is 11.7 Å². The molecule has 1 fully saturated rings. The summed E-state index contributed by atoms with van der Waals surface area (Å²) in [4.78, 5) is 11.4. The number of rotatable bonds is 4. The van der Waals surface area contributed by atoms with Crippen molar-refractivity contribution in [3.05, 3.63) is 29.8 Å². The summed E-state index contributed by atoms with van der Waals surface area (Å²) in [5.41, 5.74) is 0.242. The topological polar surface area (TPSA) is 54.4 Å². The van der Waals surface area contributed by atoms with Crippen molar-refractivity contribution in [3.8, 4) is 0 Å². The predicted octanol–water partition coefficient (Wildman–Crippen LogP) is 2.68. The molecule has 1 atom stereocenters. The molecule has 3 nitrogen and oxygen atoms in total. The van der Waals surface area contributed by atoms with Crippen LogP contribution in [0.25, 0.3) is 0 Å². The van der Waals surface area contributed by atoms with Crippen LogP contribution in [0.4, 0.5) is 0 Å². The highest BCUT2D eigenvalue weighted by molar-refractivity contribution is 7.85. The molecular weight excluding hydrogens is 236 g/mol. The Balaban J connectivity index is 2.01. The van der Waals surface area contributed by atoms with Crippen molar-refractivity contribution in [2.75, 3.05) is 5.75 Å². The molecule has 1 aromatic carbocycles. The lowest BCUT2D eigenvalue weighted by molar-refractivity contribution is 0.0697. The van der Waals surface area contributed by atoms with Gasteiger partial charge in [0.05, 0.1) is 16.4 Å². The average molecular weight is 252 g/mol. The highest BCUT2D eigenvalue weighted by Crippen LogP contribution is 2.26. The Morgan fingerprint density at radius 1 is 1.24 bits per heavy atom. The van der Waals surface area contributed by atoms with Crippen LogP contribution in [0, 0.1) is 5.92 Å². The maximum absolute atomic E-state index is 12.0. The van der Waals surface area contributed by atoms with Gasteiger partial charge in [-0.1, -0.05) is 12.8 Å². The van der Waals surface area contributed by atoms with Crippen molar-refractivity contribution in [2.24, 2.45) is 5.92 Å². The minimum absolute atomic E-state index is 0.242. The van der Waals surface area contributed by atoms with Crippen molar-refractivity contribution >= 4 is 16.8 Å². The molecule has 0 aliphatic heterocycles. The molecule has 0 spiro atoms.